The SMILES string of the molecule is CCOC(=O)N1CCC(=NNC(=O)COc2ccccc2F)CC1. The highest BCUT2D eigenvalue weighted by Crippen LogP contribution is 2.15. The number of piperidine rings is 1. The molecule has 1 aliphatic heterocycles. The molecular weight excluding hydrogens is 317 g/mol. The zero-order valence-corrected chi connectivity index (χ0v) is 13.5. The Hall–Kier alpha value is -2.64. The minimum Gasteiger partial charge on any atom is -0.481 e. The summed E-state index contributed by atoms with van der Waals surface area (Å²) in [6.07, 6.45) is 0.791. The van der Waals surface area contributed by atoms with Crippen LogP contribution in [0.25, 0.3) is 0 Å². The molecule has 0 spiro atoms. The molecule has 0 radical (unpaired) electrons. The fraction of sp³-hybridized carbons (Fsp3) is 0.438. The third kappa shape index (κ3) is 5.22. The van der Waals surface area contributed by atoms with Gasteiger partial charge in [0, 0.05) is 31.6 Å². The number of carbonyl (C=O) groups is 2. The third-order valence-corrected chi connectivity index (χ3v) is 3.40. The first-order valence-electron chi connectivity index (χ1n) is 7.73. The molecule has 1 aromatic carbocycles. The van der Waals surface area contributed by atoms with Crippen molar-refractivity contribution in [3.8, 4) is 5.75 Å². The Morgan fingerprint density at radius 2 is 2.00 bits per heavy atom. The summed E-state index contributed by atoms with van der Waals surface area (Å²) >= 11 is 0. The average molecular weight is 337 g/mol. The van der Waals surface area contributed by atoms with Gasteiger partial charge in [0.15, 0.2) is 18.2 Å². The number of para-hydroxylation sites is 1. The first kappa shape index (κ1) is 17.7. The summed E-state index contributed by atoms with van der Waals surface area (Å²) in [5.74, 6) is -0.982. The number of benzene rings is 1. The molecule has 1 saturated heterocycles. The van der Waals surface area contributed by atoms with Gasteiger partial charge in [-0.25, -0.2) is 14.6 Å². The Morgan fingerprint density at radius 3 is 2.67 bits per heavy atom. The Kier molecular flexibility index (Phi) is 6.53. The molecule has 2 amide bonds. The van der Waals surface area contributed by atoms with Crippen molar-refractivity contribution in [1.82, 2.24) is 10.3 Å². The molecule has 1 N–H and O–H groups in total. The normalized spacial score (nSPS) is 14.1. The molecule has 1 fully saturated rings. The number of likely N-dealkylation sites (tertiary alicyclic amines) is 1. The number of hydrazone groups is 1. The lowest BCUT2D eigenvalue weighted by Crippen LogP contribution is -2.39. The predicted molar refractivity (Wildman–Crippen MR) is 85.3 cm³/mol. The number of amides is 2. The van der Waals surface area contributed by atoms with Crippen LogP contribution in [0.2, 0.25) is 0 Å². The van der Waals surface area contributed by atoms with Crippen LogP contribution in [-0.2, 0) is 9.53 Å². The first-order valence-corrected chi connectivity index (χ1v) is 7.73. The van der Waals surface area contributed by atoms with E-state index < -0.39 is 11.7 Å². The largest absolute Gasteiger partial charge is 0.481 e. The number of nitrogens with one attached hydrogen (secondary N) is 1. The molecule has 1 heterocycles. The average Bonchev–Trinajstić information content (AvgIpc) is 2.60. The van der Waals surface area contributed by atoms with Crippen LogP contribution < -0.4 is 10.2 Å². The van der Waals surface area contributed by atoms with E-state index in [0.29, 0.717) is 32.5 Å². The summed E-state index contributed by atoms with van der Waals surface area (Å²) in [5, 5.41) is 4.02. The second-order valence-corrected chi connectivity index (χ2v) is 5.12. The second-order valence-electron chi connectivity index (χ2n) is 5.12. The van der Waals surface area contributed by atoms with E-state index in [1.165, 1.54) is 18.2 Å². The number of ether oxygens (including phenoxy) is 2. The van der Waals surface area contributed by atoms with Crippen molar-refractivity contribution in [3.63, 3.8) is 0 Å². The summed E-state index contributed by atoms with van der Waals surface area (Å²) < 4.78 is 23.4. The van der Waals surface area contributed by atoms with Gasteiger partial charge in [0.05, 0.1) is 6.61 Å². The predicted octanol–water partition coefficient (Wildman–Crippen LogP) is 1.93. The van der Waals surface area contributed by atoms with Crippen molar-refractivity contribution in [2.75, 3.05) is 26.3 Å². The smallest absolute Gasteiger partial charge is 0.409 e. The van der Waals surface area contributed by atoms with Crippen molar-refractivity contribution in [3.05, 3.63) is 30.1 Å². The molecule has 2 rings (SSSR count). The molecule has 0 aromatic heterocycles. The highest BCUT2D eigenvalue weighted by molar-refractivity contribution is 5.88. The molecule has 0 unspecified atom stereocenters. The second kappa shape index (κ2) is 8.85. The maximum absolute atomic E-state index is 13.3. The van der Waals surface area contributed by atoms with Gasteiger partial charge < -0.3 is 14.4 Å². The van der Waals surface area contributed by atoms with Gasteiger partial charge in [-0.15, -0.1) is 0 Å². The molecule has 24 heavy (non-hydrogen) atoms. The van der Waals surface area contributed by atoms with Gasteiger partial charge in [0.2, 0.25) is 0 Å². The van der Waals surface area contributed by atoms with Gasteiger partial charge in [-0.1, -0.05) is 12.1 Å². The molecule has 0 aliphatic carbocycles. The van der Waals surface area contributed by atoms with Crippen LogP contribution >= 0.6 is 0 Å². The van der Waals surface area contributed by atoms with Crippen LogP contribution in [0.1, 0.15) is 19.8 Å². The lowest BCUT2D eigenvalue weighted by Gasteiger charge is -2.26. The zero-order valence-electron chi connectivity index (χ0n) is 13.5. The molecule has 1 aliphatic rings. The molecule has 0 atom stereocenters. The van der Waals surface area contributed by atoms with Gasteiger partial charge >= 0.3 is 6.09 Å². The summed E-state index contributed by atoms with van der Waals surface area (Å²) in [6, 6.07) is 5.86. The maximum Gasteiger partial charge on any atom is 0.409 e. The third-order valence-electron chi connectivity index (χ3n) is 3.40. The summed E-state index contributed by atoms with van der Waals surface area (Å²) in [7, 11) is 0. The summed E-state index contributed by atoms with van der Waals surface area (Å²) in [6.45, 7) is 2.77. The number of carbonyl (C=O) groups excluding carboxylic acids is 2. The van der Waals surface area contributed by atoms with E-state index in [0.717, 1.165) is 5.71 Å². The van der Waals surface area contributed by atoms with Crippen LogP contribution in [0, 0.1) is 5.82 Å². The van der Waals surface area contributed by atoms with Gasteiger partial charge in [0.25, 0.3) is 5.91 Å². The Morgan fingerprint density at radius 1 is 1.29 bits per heavy atom. The highest BCUT2D eigenvalue weighted by atomic mass is 19.1. The molecule has 1 aromatic rings. The van der Waals surface area contributed by atoms with E-state index in [4.69, 9.17) is 9.47 Å². The topological polar surface area (TPSA) is 80.2 Å². The Bertz CT molecular complexity index is 611. The van der Waals surface area contributed by atoms with E-state index >= 15 is 0 Å². The van der Waals surface area contributed by atoms with Crippen LogP contribution in [-0.4, -0.2) is 48.9 Å². The van der Waals surface area contributed by atoms with E-state index in [1.807, 2.05) is 0 Å². The molecule has 0 saturated carbocycles. The van der Waals surface area contributed by atoms with Crippen molar-refractivity contribution in [2.24, 2.45) is 5.10 Å². The Balaban J connectivity index is 1.73. The molecule has 7 nitrogen and oxygen atoms in total. The molecule has 0 bridgehead atoms. The zero-order chi connectivity index (χ0) is 17.4. The van der Waals surface area contributed by atoms with E-state index in [1.54, 1.807) is 17.9 Å². The summed E-state index contributed by atoms with van der Waals surface area (Å²) in [4.78, 5) is 24.8. The number of halogens is 1. The van der Waals surface area contributed by atoms with E-state index in [2.05, 4.69) is 10.5 Å². The Labute approximate surface area is 139 Å². The fourth-order valence-corrected chi connectivity index (χ4v) is 2.15. The number of rotatable bonds is 5. The van der Waals surface area contributed by atoms with Crippen molar-refractivity contribution in [2.45, 2.75) is 19.8 Å². The van der Waals surface area contributed by atoms with E-state index in [-0.39, 0.29) is 18.4 Å². The minimum absolute atomic E-state index is 0.0167. The quantitative estimate of drug-likeness (QED) is 0.833. The first-order chi connectivity index (χ1) is 11.6. The van der Waals surface area contributed by atoms with E-state index in [9.17, 15) is 14.0 Å². The minimum atomic E-state index is -0.525. The monoisotopic (exact) mass is 337 g/mol. The van der Waals surface area contributed by atoms with Crippen LogP contribution in [0.3, 0.4) is 0 Å². The maximum atomic E-state index is 13.3. The number of nitrogens with zero attached hydrogens (tertiary/aromatic N) is 2. The van der Waals surface area contributed by atoms with Crippen LogP contribution in [0.15, 0.2) is 29.4 Å². The van der Waals surface area contributed by atoms with Gasteiger partial charge in [0.1, 0.15) is 0 Å². The molecular formula is C16H20FN3O4. The molecule has 130 valence electrons. The lowest BCUT2D eigenvalue weighted by atomic mass is 10.1. The van der Waals surface area contributed by atoms with Crippen molar-refractivity contribution in [1.29, 1.82) is 0 Å². The van der Waals surface area contributed by atoms with Crippen LogP contribution in [0.5, 0.6) is 5.75 Å². The van der Waals surface area contributed by atoms with Crippen molar-refractivity contribution >= 4 is 17.7 Å². The standard InChI is InChI=1S/C16H20FN3O4/c1-2-23-16(22)20-9-7-12(8-10-20)18-19-15(21)11-24-14-6-4-3-5-13(14)17/h3-6H,2,7-11H2,1H3,(H,19,21). The number of hydrogen-bond acceptors (Lipinski definition) is 5. The summed E-state index contributed by atoms with van der Waals surface area (Å²) in [5.41, 5.74) is 3.17. The highest BCUT2D eigenvalue weighted by Gasteiger charge is 2.20. The fourth-order valence-electron chi connectivity index (χ4n) is 2.15. The number of hydrogen-bond donors (Lipinski definition) is 1. The molecule has 8 heteroatoms. The van der Waals surface area contributed by atoms with Crippen molar-refractivity contribution < 1.29 is 23.5 Å². The van der Waals surface area contributed by atoms with Gasteiger partial charge in [-0.05, 0) is 19.1 Å². The van der Waals surface area contributed by atoms with Gasteiger partial charge in [-0.2, -0.15) is 5.10 Å². The lowest BCUT2D eigenvalue weighted by molar-refractivity contribution is -0.123. The van der Waals surface area contributed by atoms with Crippen LogP contribution in [0.4, 0.5) is 9.18 Å². The van der Waals surface area contributed by atoms with Gasteiger partial charge in [-0.3, -0.25) is 4.79 Å².